The summed E-state index contributed by atoms with van der Waals surface area (Å²) in [5, 5.41) is 20.5. The van der Waals surface area contributed by atoms with Crippen molar-refractivity contribution in [3.63, 3.8) is 0 Å². The number of hydrogen-bond donors (Lipinski definition) is 3. The predicted octanol–water partition coefficient (Wildman–Crippen LogP) is 4.12. The highest BCUT2D eigenvalue weighted by molar-refractivity contribution is 7.10. The zero-order valence-electron chi connectivity index (χ0n) is 16.2. The van der Waals surface area contributed by atoms with Gasteiger partial charge in [-0.05, 0) is 67.3 Å². The average molecular weight is 454 g/mol. The molecule has 1 aromatic carbocycles. The van der Waals surface area contributed by atoms with Crippen LogP contribution in [0.1, 0.15) is 34.4 Å². The van der Waals surface area contributed by atoms with E-state index in [0.29, 0.717) is 12.0 Å². The molecule has 9 heteroatoms. The molecule has 0 atom stereocenters. The Bertz CT molecular complexity index is 764. The van der Waals surface area contributed by atoms with Crippen LogP contribution in [0, 0.1) is 6.92 Å². The van der Waals surface area contributed by atoms with Crippen LogP contribution in [0.25, 0.3) is 0 Å². The van der Waals surface area contributed by atoms with Crippen molar-refractivity contribution in [2.45, 2.75) is 44.3 Å². The van der Waals surface area contributed by atoms with E-state index >= 15 is 0 Å². The fourth-order valence-electron chi connectivity index (χ4n) is 2.73. The van der Waals surface area contributed by atoms with Gasteiger partial charge in [-0.1, -0.05) is 6.07 Å². The zero-order valence-corrected chi connectivity index (χ0v) is 17.8. The third kappa shape index (κ3) is 7.79. The van der Waals surface area contributed by atoms with Crippen molar-refractivity contribution in [2.24, 2.45) is 5.73 Å². The van der Waals surface area contributed by atoms with Crippen LogP contribution in [-0.4, -0.2) is 35.6 Å². The summed E-state index contributed by atoms with van der Waals surface area (Å²) in [5.41, 5.74) is 5.34. The van der Waals surface area contributed by atoms with Crippen LogP contribution in [0.3, 0.4) is 0 Å². The van der Waals surface area contributed by atoms with Crippen LogP contribution in [0.4, 0.5) is 13.2 Å². The summed E-state index contributed by atoms with van der Waals surface area (Å²) in [6.07, 6.45) is -2.78. The minimum Gasteiger partial charge on any atom is -0.493 e. The minimum absolute atomic E-state index is 0. The summed E-state index contributed by atoms with van der Waals surface area (Å²) in [6.45, 7) is 1.31. The molecule has 1 aromatic heterocycles. The molecule has 0 amide bonds. The van der Waals surface area contributed by atoms with E-state index < -0.39 is 30.5 Å². The van der Waals surface area contributed by atoms with E-state index in [-0.39, 0.29) is 37.6 Å². The van der Waals surface area contributed by atoms with E-state index in [2.05, 4.69) is 6.07 Å². The number of alkyl halides is 3. The lowest BCUT2D eigenvalue weighted by atomic mass is 9.93. The van der Waals surface area contributed by atoms with Gasteiger partial charge < -0.3 is 20.7 Å². The summed E-state index contributed by atoms with van der Waals surface area (Å²) in [7, 11) is 0. The molecule has 0 aliphatic rings. The van der Waals surface area contributed by atoms with Gasteiger partial charge in [0.25, 0.3) is 0 Å². The van der Waals surface area contributed by atoms with Crippen molar-refractivity contribution in [3.05, 3.63) is 51.2 Å². The number of hydrogen-bond acceptors (Lipinski definition) is 5. The van der Waals surface area contributed by atoms with E-state index in [1.165, 1.54) is 16.5 Å². The summed E-state index contributed by atoms with van der Waals surface area (Å²) in [4.78, 5) is 1.19. The number of rotatable bonds is 10. The molecule has 2 rings (SSSR count). The largest absolute Gasteiger partial charge is 0.493 e. The number of nitrogens with two attached hydrogens (primary N) is 1. The van der Waals surface area contributed by atoms with Gasteiger partial charge in [0, 0.05) is 4.88 Å². The molecule has 2 aromatic rings. The van der Waals surface area contributed by atoms with E-state index in [4.69, 9.17) is 10.5 Å². The highest BCUT2D eigenvalue weighted by Gasteiger charge is 2.35. The van der Waals surface area contributed by atoms with Crippen LogP contribution in [0.15, 0.2) is 29.6 Å². The number of aliphatic hydroxyl groups is 2. The van der Waals surface area contributed by atoms with Gasteiger partial charge in [0.15, 0.2) is 0 Å². The number of aryl methyl sites for hydroxylation is 3. The molecule has 0 saturated carbocycles. The van der Waals surface area contributed by atoms with Gasteiger partial charge in [0.1, 0.15) is 5.75 Å². The van der Waals surface area contributed by atoms with Crippen molar-refractivity contribution in [2.75, 3.05) is 19.8 Å². The zero-order chi connectivity index (χ0) is 20.8. The van der Waals surface area contributed by atoms with Crippen LogP contribution in [0.5, 0.6) is 5.75 Å². The second-order valence-electron chi connectivity index (χ2n) is 7.05. The lowest BCUT2D eigenvalue weighted by Crippen LogP contribution is -2.47. The third-order valence-electron chi connectivity index (χ3n) is 4.50. The first-order chi connectivity index (χ1) is 13.2. The van der Waals surface area contributed by atoms with Gasteiger partial charge in [-0.2, -0.15) is 13.2 Å². The molecule has 29 heavy (non-hydrogen) atoms. The van der Waals surface area contributed by atoms with E-state index in [1.807, 2.05) is 12.3 Å². The lowest BCUT2D eigenvalue weighted by Gasteiger charge is -2.24. The van der Waals surface area contributed by atoms with Crippen molar-refractivity contribution >= 4 is 23.7 Å². The van der Waals surface area contributed by atoms with Gasteiger partial charge >= 0.3 is 6.18 Å². The SMILES string of the molecule is Cc1csc(CCCOc2ccc(CCC(N)(CO)CO)cc2C(F)(F)F)c1.Cl. The first-order valence-corrected chi connectivity index (χ1v) is 9.92. The highest BCUT2D eigenvalue weighted by atomic mass is 35.5. The Morgan fingerprint density at radius 3 is 2.34 bits per heavy atom. The quantitative estimate of drug-likeness (QED) is 0.473. The fourth-order valence-corrected chi connectivity index (χ4v) is 3.65. The molecular weight excluding hydrogens is 427 g/mol. The lowest BCUT2D eigenvalue weighted by molar-refractivity contribution is -0.139. The molecule has 4 nitrogen and oxygen atoms in total. The monoisotopic (exact) mass is 453 g/mol. The second-order valence-corrected chi connectivity index (χ2v) is 8.05. The van der Waals surface area contributed by atoms with Gasteiger partial charge in [0.2, 0.25) is 0 Å². The maximum atomic E-state index is 13.4. The fraction of sp³-hybridized carbons (Fsp3) is 0.500. The normalized spacial score (nSPS) is 12.0. The molecule has 4 N–H and O–H groups in total. The summed E-state index contributed by atoms with van der Waals surface area (Å²) < 4.78 is 45.7. The maximum Gasteiger partial charge on any atom is 0.419 e. The summed E-state index contributed by atoms with van der Waals surface area (Å²) in [6, 6.07) is 6.00. The number of aliphatic hydroxyl groups excluding tert-OH is 2. The minimum atomic E-state index is -4.54. The van der Waals surface area contributed by atoms with Crippen LogP contribution in [0.2, 0.25) is 0 Å². The highest BCUT2D eigenvalue weighted by Crippen LogP contribution is 2.37. The molecule has 0 aliphatic heterocycles. The van der Waals surface area contributed by atoms with Crippen molar-refractivity contribution < 1.29 is 28.1 Å². The molecule has 0 saturated heterocycles. The number of benzene rings is 1. The average Bonchev–Trinajstić information content (AvgIpc) is 3.08. The molecule has 164 valence electrons. The van der Waals surface area contributed by atoms with E-state index in [9.17, 15) is 23.4 Å². The Hall–Kier alpha value is -1.32. The van der Waals surface area contributed by atoms with Crippen molar-refractivity contribution in [1.29, 1.82) is 0 Å². The number of halogens is 4. The van der Waals surface area contributed by atoms with E-state index in [0.717, 1.165) is 12.5 Å². The Labute approximate surface area is 178 Å². The Morgan fingerprint density at radius 1 is 1.10 bits per heavy atom. The molecule has 0 aliphatic carbocycles. The van der Waals surface area contributed by atoms with Gasteiger partial charge in [-0.25, -0.2) is 0 Å². The number of ether oxygens (including phenoxy) is 1. The molecule has 0 bridgehead atoms. The maximum absolute atomic E-state index is 13.4. The second kappa shape index (κ2) is 11.2. The molecule has 0 fully saturated rings. The first kappa shape index (κ1) is 25.7. The smallest absolute Gasteiger partial charge is 0.419 e. The van der Waals surface area contributed by atoms with Crippen molar-refractivity contribution in [3.8, 4) is 5.75 Å². The number of thiophene rings is 1. The Kier molecular flexibility index (Phi) is 9.91. The summed E-state index contributed by atoms with van der Waals surface area (Å²) >= 11 is 1.63. The Morgan fingerprint density at radius 2 is 1.79 bits per heavy atom. The molecular formula is C20H27ClF3NO3S. The molecule has 0 radical (unpaired) electrons. The molecule has 0 spiro atoms. The van der Waals surface area contributed by atoms with Crippen molar-refractivity contribution in [1.82, 2.24) is 0 Å². The van der Waals surface area contributed by atoms with Crippen LogP contribution in [-0.2, 0) is 19.0 Å². The third-order valence-corrected chi connectivity index (χ3v) is 5.62. The molecule has 1 heterocycles. The molecule has 0 unspecified atom stereocenters. The standard InChI is InChI=1S/C20H26F3NO3S.ClH/c1-14-9-16(28-11-14)3-2-8-27-18-5-4-15(10-17(18)20(21,22)23)6-7-19(24,12-25)13-26;/h4-5,9-11,25-26H,2-3,6-8,12-13,24H2,1H3;1H. The predicted molar refractivity (Wildman–Crippen MR) is 111 cm³/mol. The van der Waals surface area contributed by atoms with Gasteiger partial charge in [-0.15, -0.1) is 23.7 Å². The van der Waals surface area contributed by atoms with Gasteiger partial charge in [-0.3, -0.25) is 0 Å². The summed E-state index contributed by atoms with van der Waals surface area (Å²) in [5.74, 6) is -0.193. The van der Waals surface area contributed by atoms with Crippen LogP contribution >= 0.6 is 23.7 Å². The van der Waals surface area contributed by atoms with Crippen LogP contribution < -0.4 is 10.5 Å². The van der Waals surface area contributed by atoms with E-state index in [1.54, 1.807) is 17.4 Å². The Balaban J connectivity index is 0.00000420. The first-order valence-electron chi connectivity index (χ1n) is 9.04. The topological polar surface area (TPSA) is 75.7 Å². The van der Waals surface area contributed by atoms with Gasteiger partial charge in [0.05, 0.1) is 30.9 Å².